The molecule has 0 saturated carbocycles. The van der Waals surface area contributed by atoms with Crippen molar-refractivity contribution in [2.45, 2.75) is 13.5 Å². The summed E-state index contributed by atoms with van der Waals surface area (Å²) in [5.74, 6) is -2.21. The van der Waals surface area contributed by atoms with Crippen LogP contribution in [-0.2, 0) is 16.1 Å². The molecule has 0 unspecified atom stereocenters. The second kappa shape index (κ2) is 7.68. The van der Waals surface area contributed by atoms with Gasteiger partial charge in [0.1, 0.15) is 11.6 Å². The maximum absolute atomic E-state index is 13.6. The van der Waals surface area contributed by atoms with Crippen LogP contribution in [0, 0.1) is 18.6 Å². The number of benzene rings is 2. The normalized spacial score (nSPS) is 10.3. The second-order valence-corrected chi connectivity index (χ2v) is 5.38. The molecule has 4 nitrogen and oxygen atoms in total. The van der Waals surface area contributed by atoms with Crippen molar-refractivity contribution in [1.29, 1.82) is 0 Å². The van der Waals surface area contributed by atoms with Crippen molar-refractivity contribution in [3.63, 3.8) is 0 Å². The lowest BCUT2D eigenvalue weighted by Crippen LogP contribution is -2.31. The molecule has 0 aliphatic heterocycles. The molecule has 0 saturated heterocycles. The topological polar surface area (TPSA) is 46.6 Å². The number of esters is 1. The van der Waals surface area contributed by atoms with Crippen LogP contribution in [0.2, 0.25) is 0 Å². The van der Waals surface area contributed by atoms with E-state index in [2.05, 4.69) is 0 Å². The smallest absolute Gasteiger partial charge is 0.338 e. The van der Waals surface area contributed by atoms with Gasteiger partial charge in [-0.25, -0.2) is 13.6 Å². The summed E-state index contributed by atoms with van der Waals surface area (Å²) in [4.78, 5) is 25.0. The average molecular weight is 333 g/mol. The molecular formula is C18H17F2NO3. The second-order valence-electron chi connectivity index (χ2n) is 5.38. The molecular weight excluding hydrogens is 316 g/mol. The van der Waals surface area contributed by atoms with Crippen molar-refractivity contribution < 1.29 is 23.1 Å². The molecule has 126 valence electrons. The number of hydrogen-bond donors (Lipinski definition) is 0. The van der Waals surface area contributed by atoms with Crippen molar-refractivity contribution in [1.82, 2.24) is 4.90 Å². The number of halogens is 2. The number of carbonyl (C=O) groups excluding carboxylic acids is 2. The van der Waals surface area contributed by atoms with Crippen molar-refractivity contribution in [2.24, 2.45) is 0 Å². The van der Waals surface area contributed by atoms with Crippen LogP contribution in [0.15, 0.2) is 42.5 Å². The van der Waals surface area contributed by atoms with E-state index in [1.807, 2.05) is 0 Å². The number of nitrogens with zero attached hydrogens (tertiary/aromatic N) is 1. The number of rotatable bonds is 5. The predicted octanol–water partition coefficient (Wildman–Crippen LogP) is 3.09. The predicted molar refractivity (Wildman–Crippen MR) is 84.3 cm³/mol. The van der Waals surface area contributed by atoms with Crippen LogP contribution in [0.4, 0.5) is 8.78 Å². The van der Waals surface area contributed by atoms with Gasteiger partial charge in [-0.3, -0.25) is 4.79 Å². The number of aryl methyl sites for hydroxylation is 1. The highest BCUT2D eigenvalue weighted by Gasteiger charge is 2.15. The highest BCUT2D eigenvalue weighted by Crippen LogP contribution is 2.11. The molecule has 0 heterocycles. The minimum absolute atomic E-state index is 0.0302. The maximum Gasteiger partial charge on any atom is 0.338 e. The van der Waals surface area contributed by atoms with Crippen molar-refractivity contribution in [3.8, 4) is 0 Å². The van der Waals surface area contributed by atoms with Crippen LogP contribution < -0.4 is 0 Å². The Labute approximate surface area is 138 Å². The van der Waals surface area contributed by atoms with Crippen LogP contribution in [0.1, 0.15) is 21.5 Å². The number of amides is 1. The third-order valence-corrected chi connectivity index (χ3v) is 3.53. The summed E-state index contributed by atoms with van der Waals surface area (Å²) in [5.41, 5.74) is 0.801. The van der Waals surface area contributed by atoms with Crippen molar-refractivity contribution in [2.75, 3.05) is 13.7 Å². The molecule has 24 heavy (non-hydrogen) atoms. The number of hydrogen-bond acceptors (Lipinski definition) is 3. The van der Waals surface area contributed by atoms with E-state index in [0.717, 1.165) is 6.07 Å². The fourth-order valence-corrected chi connectivity index (χ4v) is 2.01. The fourth-order valence-electron chi connectivity index (χ4n) is 2.01. The third kappa shape index (κ3) is 4.38. The Balaban J connectivity index is 1.91. The van der Waals surface area contributed by atoms with Crippen molar-refractivity contribution in [3.05, 3.63) is 70.8 Å². The molecule has 6 heteroatoms. The molecule has 0 atom stereocenters. The lowest BCUT2D eigenvalue weighted by molar-refractivity contribution is -0.133. The molecule has 0 aliphatic rings. The Morgan fingerprint density at radius 2 is 1.79 bits per heavy atom. The van der Waals surface area contributed by atoms with Gasteiger partial charge in [-0.2, -0.15) is 0 Å². The summed E-state index contributed by atoms with van der Waals surface area (Å²) >= 11 is 0. The van der Waals surface area contributed by atoms with Crippen LogP contribution >= 0.6 is 0 Å². The molecule has 1 amide bonds. The third-order valence-electron chi connectivity index (χ3n) is 3.53. The van der Waals surface area contributed by atoms with Crippen molar-refractivity contribution >= 4 is 11.9 Å². The molecule has 0 radical (unpaired) electrons. The quantitative estimate of drug-likeness (QED) is 0.790. The Bertz CT molecular complexity index is 762. The SMILES string of the molecule is Cc1ccc(C(=O)OCC(=O)N(C)Cc2ccccc2F)cc1F. The molecule has 0 bridgehead atoms. The van der Waals surface area contributed by atoms with Gasteiger partial charge in [0, 0.05) is 19.2 Å². The van der Waals surface area contributed by atoms with E-state index in [0.29, 0.717) is 11.1 Å². The number of likely N-dealkylation sites (N-methyl/N-ethyl adjacent to an activating group) is 1. The standard InChI is InChI=1S/C18H17F2NO3/c1-12-7-8-13(9-16(12)20)18(23)24-11-17(22)21(2)10-14-5-3-4-6-15(14)19/h3-9H,10-11H2,1-2H3. The van der Waals surface area contributed by atoms with Gasteiger partial charge in [0.2, 0.25) is 0 Å². The van der Waals surface area contributed by atoms with Gasteiger partial charge in [-0.05, 0) is 30.7 Å². The molecule has 2 aromatic rings. The zero-order chi connectivity index (χ0) is 17.7. The largest absolute Gasteiger partial charge is 0.452 e. The lowest BCUT2D eigenvalue weighted by atomic mass is 10.1. The summed E-state index contributed by atoms with van der Waals surface area (Å²) in [6, 6.07) is 10.0. The molecule has 0 N–H and O–H groups in total. The van der Waals surface area contributed by atoms with Gasteiger partial charge in [-0.1, -0.05) is 24.3 Å². The van der Waals surface area contributed by atoms with E-state index < -0.39 is 30.1 Å². The Morgan fingerprint density at radius 1 is 1.08 bits per heavy atom. The van der Waals surface area contributed by atoms with Gasteiger partial charge in [-0.15, -0.1) is 0 Å². The lowest BCUT2D eigenvalue weighted by Gasteiger charge is -2.17. The van der Waals surface area contributed by atoms with Crippen LogP contribution in [0.5, 0.6) is 0 Å². The minimum Gasteiger partial charge on any atom is -0.452 e. The van der Waals surface area contributed by atoms with Gasteiger partial charge in [0.25, 0.3) is 5.91 Å². The van der Waals surface area contributed by atoms with E-state index >= 15 is 0 Å². The van der Waals surface area contributed by atoms with E-state index in [4.69, 9.17) is 4.74 Å². The fraction of sp³-hybridized carbons (Fsp3) is 0.222. The van der Waals surface area contributed by atoms with Gasteiger partial charge in [0.15, 0.2) is 6.61 Å². The van der Waals surface area contributed by atoms with E-state index in [1.54, 1.807) is 25.1 Å². The summed E-state index contributed by atoms with van der Waals surface area (Å²) in [7, 11) is 1.48. The molecule has 2 rings (SSSR count). The summed E-state index contributed by atoms with van der Waals surface area (Å²) in [5, 5.41) is 0. The Morgan fingerprint density at radius 3 is 2.46 bits per heavy atom. The Kier molecular flexibility index (Phi) is 5.63. The first-order valence-corrected chi connectivity index (χ1v) is 7.29. The van der Waals surface area contributed by atoms with Gasteiger partial charge in [0.05, 0.1) is 5.56 Å². The Hall–Kier alpha value is -2.76. The molecule has 0 aromatic heterocycles. The monoisotopic (exact) mass is 333 g/mol. The zero-order valence-corrected chi connectivity index (χ0v) is 13.4. The van der Waals surface area contributed by atoms with Crippen LogP contribution in [-0.4, -0.2) is 30.4 Å². The summed E-state index contributed by atoms with van der Waals surface area (Å²) < 4.78 is 31.9. The summed E-state index contributed by atoms with van der Waals surface area (Å²) in [6.45, 7) is 1.13. The van der Waals surface area contributed by atoms with Crippen LogP contribution in [0.3, 0.4) is 0 Å². The minimum atomic E-state index is -0.790. The van der Waals surface area contributed by atoms with E-state index in [9.17, 15) is 18.4 Å². The number of ether oxygens (including phenoxy) is 1. The van der Waals surface area contributed by atoms with E-state index in [1.165, 1.54) is 30.1 Å². The van der Waals surface area contributed by atoms with Gasteiger partial charge >= 0.3 is 5.97 Å². The first kappa shape index (κ1) is 17.6. The first-order valence-electron chi connectivity index (χ1n) is 7.29. The molecule has 0 spiro atoms. The zero-order valence-electron chi connectivity index (χ0n) is 13.4. The highest BCUT2D eigenvalue weighted by molar-refractivity contribution is 5.91. The summed E-state index contributed by atoms with van der Waals surface area (Å²) in [6.07, 6.45) is 0. The molecule has 0 aliphatic carbocycles. The first-order chi connectivity index (χ1) is 11.4. The average Bonchev–Trinajstić information content (AvgIpc) is 2.56. The van der Waals surface area contributed by atoms with E-state index in [-0.39, 0.29) is 12.1 Å². The maximum atomic E-state index is 13.6. The highest BCUT2D eigenvalue weighted by atomic mass is 19.1. The number of carbonyl (C=O) groups is 2. The van der Waals surface area contributed by atoms with Crippen LogP contribution in [0.25, 0.3) is 0 Å². The van der Waals surface area contributed by atoms with Gasteiger partial charge < -0.3 is 9.64 Å². The molecule has 2 aromatic carbocycles. The molecule has 0 fully saturated rings.